The largest absolute Gasteiger partial charge is 0.336 e. The maximum atomic E-state index is 11.9. The van der Waals surface area contributed by atoms with Crippen molar-refractivity contribution in [2.45, 2.75) is 32.3 Å². The van der Waals surface area contributed by atoms with E-state index in [1.165, 1.54) is 0 Å². The van der Waals surface area contributed by atoms with Crippen LogP contribution in [0.5, 0.6) is 0 Å². The summed E-state index contributed by atoms with van der Waals surface area (Å²) in [4.78, 5) is 3.93. The fraction of sp³-hybridized carbons (Fsp3) is 0.727. The minimum Gasteiger partial charge on any atom is -0.336 e. The van der Waals surface area contributed by atoms with Crippen LogP contribution in [0.15, 0.2) is 17.6 Å². The van der Waals surface area contributed by atoms with Crippen molar-refractivity contribution < 1.29 is 8.42 Å². The molecular formula is C11H22N4O2S. The lowest BCUT2D eigenvalue weighted by molar-refractivity contribution is 0.521. The molecule has 7 heteroatoms. The fourth-order valence-electron chi connectivity index (χ4n) is 1.52. The van der Waals surface area contributed by atoms with Crippen LogP contribution in [0.3, 0.4) is 0 Å². The molecule has 0 aromatic carbocycles. The van der Waals surface area contributed by atoms with Crippen molar-refractivity contribution in [1.29, 1.82) is 0 Å². The van der Waals surface area contributed by atoms with E-state index in [1.54, 1.807) is 17.1 Å². The Morgan fingerprint density at radius 3 is 2.72 bits per heavy atom. The predicted molar refractivity (Wildman–Crippen MR) is 70.8 cm³/mol. The molecule has 0 spiro atoms. The van der Waals surface area contributed by atoms with E-state index in [9.17, 15) is 8.42 Å². The summed E-state index contributed by atoms with van der Waals surface area (Å²) in [6, 6.07) is 0. The number of imidazole rings is 1. The minimum absolute atomic E-state index is 0.0830. The molecule has 0 bridgehead atoms. The molecule has 1 heterocycles. The maximum Gasteiger partial charge on any atom is 0.259 e. The molecule has 0 saturated heterocycles. The fourth-order valence-corrected chi connectivity index (χ4v) is 2.50. The number of rotatable bonds is 8. The molecule has 104 valence electrons. The minimum atomic E-state index is -3.48. The molecule has 0 aliphatic carbocycles. The van der Waals surface area contributed by atoms with Crippen LogP contribution in [0.25, 0.3) is 0 Å². The number of sulfonamides is 1. The first-order valence-electron chi connectivity index (χ1n) is 6.18. The second kappa shape index (κ2) is 6.86. The number of likely N-dealkylation sites (N-methyl/N-ethyl adjacent to an activating group) is 1. The predicted octanol–water partition coefficient (Wildman–Crippen LogP) is 0.427. The lowest BCUT2D eigenvalue weighted by Gasteiger charge is -2.05. The van der Waals surface area contributed by atoms with E-state index in [1.807, 2.05) is 6.92 Å². The monoisotopic (exact) mass is 274 g/mol. The van der Waals surface area contributed by atoms with Gasteiger partial charge in [0.25, 0.3) is 10.0 Å². The highest BCUT2D eigenvalue weighted by Gasteiger charge is 2.16. The van der Waals surface area contributed by atoms with Crippen molar-refractivity contribution in [3.05, 3.63) is 12.5 Å². The third-order valence-electron chi connectivity index (χ3n) is 2.30. The average Bonchev–Trinajstić information content (AvgIpc) is 2.73. The van der Waals surface area contributed by atoms with Crippen molar-refractivity contribution in [2.75, 3.05) is 19.6 Å². The van der Waals surface area contributed by atoms with E-state index >= 15 is 0 Å². The Morgan fingerprint density at radius 1 is 1.39 bits per heavy atom. The summed E-state index contributed by atoms with van der Waals surface area (Å²) in [7, 11) is -3.48. The molecule has 2 N–H and O–H groups in total. The highest BCUT2D eigenvalue weighted by atomic mass is 32.2. The Bertz CT molecular complexity index is 453. The smallest absolute Gasteiger partial charge is 0.259 e. The molecule has 0 aliphatic heterocycles. The van der Waals surface area contributed by atoms with Crippen molar-refractivity contribution in [1.82, 2.24) is 19.6 Å². The van der Waals surface area contributed by atoms with E-state index in [0.29, 0.717) is 19.0 Å². The van der Waals surface area contributed by atoms with Gasteiger partial charge in [-0.25, -0.2) is 18.1 Å². The van der Waals surface area contributed by atoms with E-state index in [4.69, 9.17) is 0 Å². The quantitative estimate of drug-likeness (QED) is 0.674. The zero-order valence-electron chi connectivity index (χ0n) is 11.2. The molecule has 0 atom stereocenters. The van der Waals surface area contributed by atoms with Gasteiger partial charge in [-0.05, 0) is 12.5 Å². The van der Waals surface area contributed by atoms with Crippen LogP contribution in [-0.2, 0) is 16.6 Å². The third kappa shape index (κ3) is 4.75. The standard InChI is InChI=1S/C11H22N4O2S/c1-4-12-5-6-14-18(16,17)11-8-15(9-13-11)7-10(2)3/h8-10,12,14H,4-7H2,1-3H3. The summed E-state index contributed by atoms with van der Waals surface area (Å²) in [6.45, 7) is 8.69. The van der Waals surface area contributed by atoms with Crippen molar-refractivity contribution >= 4 is 10.0 Å². The van der Waals surface area contributed by atoms with Gasteiger partial charge >= 0.3 is 0 Å². The zero-order chi connectivity index (χ0) is 13.6. The van der Waals surface area contributed by atoms with Crippen molar-refractivity contribution in [3.8, 4) is 0 Å². The lowest BCUT2D eigenvalue weighted by Crippen LogP contribution is -2.31. The first-order valence-corrected chi connectivity index (χ1v) is 7.66. The average molecular weight is 274 g/mol. The van der Waals surface area contributed by atoms with Crippen LogP contribution >= 0.6 is 0 Å². The summed E-state index contributed by atoms with van der Waals surface area (Å²) in [5.41, 5.74) is 0. The normalized spacial score (nSPS) is 12.2. The second-order valence-corrected chi connectivity index (χ2v) is 6.27. The Balaban J connectivity index is 2.59. The SMILES string of the molecule is CCNCCNS(=O)(=O)c1cn(CC(C)C)cn1. The molecule has 0 fully saturated rings. The van der Waals surface area contributed by atoms with Gasteiger partial charge in [0.2, 0.25) is 0 Å². The van der Waals surface area contributed by atoms with Gasteiger partial charge in [-0.15, -0.1) is 0 Å². The first kappa shape index (κ1) is 15.1. The number of nitrogens with zero attached hydrogens (tertiary/aromatic N) is 2. The van der Waals surface area contributed by atoms with Gasteiger partial charge < -0.3 is 9.88 Å². The summed E-state index contributed by atoms with van der Waals surface area (Å²) in [5, 5.41) is 3.13. The summed E-state index contributed by atoms with van der Waals surface area (Å²) >= 11 is 0. The number of hydrogen-bond acceptors (Lipinski definition) is 4. The zero-order valence-corrected chi connectivity index (χ0v) is 12.0. The summed E-state index contributed by atoms with van der Waals surface area (Å²) in [5.74, 6) is 0.455. The van der Waals surface area contributed by atoms with Crippen LogP contribution in [0.4, 0.5) is 0 Å². The number of nitrogens with one attached hydrogen (secondary N) is 2. The third-order valence-corrected chi connectivity index (χ3v) is 3.65. The Hall–Kier alpha value is -0.920. The molecule has 18 heavy (non-hydrogen) atoms. The van der Waals surface area contributed by atoms with Gasteiger partial charge in [-0.3, -0.25) is 0 Å². The first-order chi connectivity index (χ1) is 8.45. The summed E-state index contributed by atoms with van der Waals surface area (Å²) in [6.07, 6.45) is 3.12. The van der Waals surface area contributed by atoms with E-state index in [0.717, 1.165) is 13.1 Å². The molecule has 0 unspecified atom stereocenters. The van der Waals surface area contributed by atoms with Crippen LogP contribution in [0, 0.1) is 5.92 Å². The molecule has 0 saturated carbocycles. The van der Waals surface area contributed by atoms with Gasteiger partial charge in [0.1, 0.15) is 0 Å². The van der Waals surface area contributed by atoms with Gasteiger partial charge in [0.15, 0.2) is 5.03 Å². The molecule has 1 aromatic rings. The van der Waals surface area contributed by atoms with Crippen molar-refractivity contribution in [3.63, 3.8) is 0 Å². The van der Waals surface area contributed by atoms with Gasteiger partial charge in [0, 0.05) is 25.8 Å². The van der Waals surface area contributed by atoms with E-state index in [-0.39, 0.29) is 5.03 Å². The highest BCUT2D eigenvalue weighted by Crippen LogP contribution is 2.06. The second-order valence-electron chi connectivity index (χ2n) is 4.55. The van der Waals surface area contributed by atoms with E-state index < -0.39 is 10.0 Å². The molecule has 0 amide bonds. The lowest BCUT2D eigenvalue weighted by atomic mass is 10.2. The maximum absolute atomic E-state index is 11.9. The number of hydrogen-bond donors (Lipinski definition) is 2. The molecule has 6 nitrogen and oxygen atoms in total. The molecule has 0 aliphatic rings. The van der Waals surface area contributed by atoms with Crippen LogP contribution in [0.1, 0.15) is 20.8 Å². The van der Waals surface area contributed by atoms with Crippen LogP contribution in [0.2, 0.25) is 0 Å². The Labute approximate surface area is 109 Å². The van der Waals surface area contributed by atoms with Gasteiger partial charge in [-0.2, -0.15) is 0 Å². The van der Waals surface area contributed by atoms with Gasteiger partial charge in [-0.1, -0.05) is 20.8 Å². The van der Waals surface area contributed by atoms with Crippen LogP contribution < -0.4 is 10.0 Å². The summed E-state index contributed by atoms with van der Waals surface area (Å²) < 4.78 is 28.1. The molecule has 1 rings (SSSR count). The molecule has 1 aromatic heterocycles. The van der Waals surface area contributed by atoms with Crippen molar-refractivity contribution in [2.24, 2.45) is 5.92 Å². The molecular weight excluding hydrogens is 252 g/mol. The highest BCUT2D eigenvalue weighted by molar-refractivity contribution is 7.89. The Morgan fingerprint density at radius 2 is 2.11 bits per heavy atom. The topological polar surface area (TPSA) is 76.0 Å². The van der Waals surface area contributed by atoms with Gasteiger partial charge in [0.05, 0.1) is 6.33 Å². The van der Waals surface area contributed by atoms with E-state index in [2.05, 4.69) is 28.9 Å². The molecule has 0 radical (unpaired) electrons. The Kier molecular flexibility index (Phi) is 5.77. The number of aromatic nitrogens is 2. The van der Waals surface area contributed by atoms with Crippen LogP contribution in [-0.4, -0.2) is 37.6 Å².